The molecule has 0 aliphatic carbocycles. The molecular formula is C11H17NO2. The first-order valence-electron chi connectivity index (χ1n) is 4.67. The highest BCUT2D eigenvalue weighted by Gasteiger charge is 2.16. The van der Waals surface area contributed by atoms with Gasteiger partial charge in [0, 0.05) is 5.56 Å². The number of phenolic OH excluding ortho intramolecular Hbond substituents is 1. The van der Waals surface area contributed by atoms with Gasteiger partial charge in [-0.1, -0.05) is 6.07 Å². The summed E-state index contributed by atoms with van der Waals surface area (Å²) in [6, 6.07) is 2.96. The lowest BCUT2D eigenvalue weighted by Gasteiger charge is -2.17. The molecule has 78 valence electrons. The van der Waals surface area contributed by atoms with Gasteiger partial charge in [-0.2, -0.15) is 0 Å². The van der Waals surface area contributed by atoms with Gasteiger partial charge in [-0.05, 0) is 38.0 Å². The van der Waals surface area contributed by atoms with Crippen LogP contribution in [0.2, 0.25) is 0 Å². The summed E-state index contributed by atoms with van der Waals surface area (Å²) in [6.45, 7) is 5.49. The second kappa shape index (κ2) is 3.98. The predicted molar refractivity (Wildman–Crippen MR) is 56.2 cm³/mol. The molecular weight excluding hydrogens is 178 g/mol. The van der Waals surface area contributed by atoms with Crippen LogP contribution in [0.1, 0.15) is 29.7 Å². The smallest absolute Gasteiger partial charge is 0.120 e. The van der Waals surface area contributed by atoms with E-state index in [0.29, 0.717) is 5.56 Å². The van der Waals surface area contributed by atoms with Gasteiger partial charge in [0.15, 0.2) is 0 Å². The standard InChI is InChI=1S/C11H17NO2/c1-6-4-9(11(12)8(3)13)10(14)5-7(6)2/h4-5,8,11,13-14H,12H2,1-3H3. The molecule has 2 atom stereocenters. The molecule has 0 saturated heterocycles. The molecule has 0 amide bonds. The summed E-state index contributed by atoms with van der Waals surface area (Å²) in [6.07, 6.45) is -0.664. The third-order valence-corrected chi connectivity index (χ3v) is 2.52. The fourth-order valence-electron chi connectivity index (χ4n) is 1.35. The zero-order valence-corrected chi connectivity index (χ0v) is 8.78. The Labute approximate surface area is 84.2 Å². The highest BCUT2D eigenvalue weighted by Crippen LogP contribution is 2.27. The Hall–Kier alpha value is -1.06. The summed E-state index contributed by atoms with van der Waals surface area (Å²) in [5.41, 5.74) is 8.43. The van der Waals surface area contributed by atoms with Gasteiger partial charge in [0.05, 0.1) is 12.1 Å². The molecule has 1 rings (SSSR count). The summed E-state index contributed by atoms with van der Waals surface area (Å²) >= 11 is 0. The zero-order valence-electron chi connectivity index (χ0n) is 8.78. The van der Waals surface area contributed by atoms with E-state index in [-0.39, 0.29) is 5.75 Å². The van der Waals surface area contributed by atoms with E-state index in [1.165, 1.54) is 0 Å². The van der Waals surface area contributed by atoms with E-state index in [0.717, 1.165) is 11.1 Å². The highest BCUT2D eigenvalue weighted by molar-refractivity contribution is 5.42. The number of benzene rings is 1. The number of hydrogen-bond acceptors (Lipinski definition) is 3. The molecule has 0 radical (unpaired) electrons. The Bertz CT molecular complexity index is 334. The van der Waals surface area contributed by atoms with Gasteiger partial charge in [0.25, 0.3) is 0 Å². The SMILES string of the molecule is Cc1cc(O)c(C(N)C(C)O)cc1C. The van der Waals surface area contributed by atoms with Crippen LogP contribution < -0.4 is 5.73 Å². The van der Waals surface area contributed by atoms with Gasteiger partial charge in [-0.3, -0.25) is 0 Å². The molecule has 0 bridgehead atoms. The molecule has 0 fully saturated rings. The van der Waals surface area contributed by atoms with Gasteiger partial charge >= 0.3 is 0 Å². The Morgan fingerprint density at radius 2 is 1.71 bits per heavy atom. The monoisotopic (exact) mass is 195 g/mol. The van der Waals surface area contributed by atoms with E-state index in [2.05, 4.69) is 0 Å². The minimum absolute atomic E-state index is 0.154. The number of aromatic hydroxyl groups is 1. The zero-order chi connectivity index (χ0) is 10.9. The van der Waals surface area contributed by atoms with Crippen LogP contribution in [-0.2, 0) is 0 Å². The molecule has 0 aromatic heterocycles. The minimum Gasteiger partial charge on any atom is -0.508 e. The molecule has 3 nitrogen and oxygen atoms in total. The lowest BCUT2D eigenvalue weighted by molar-refractivity contribution is 0.163. The van der Waals surface area contributed by atoms with Crippen LogP contribution in [0.4, 0.5) is 0 Å². The van der Waals surface area contributed by atoms with Crippen LogP contribution in [0.15, 0.2) is 12.1 Å². The quantitative estimate of drug-likeness (QED) is 0.668. The van der Waals surface area contributed by atoms with Crippen molar-refractivity contribution in [2.45, 2.75) is 32.9 Å². The third-order valence-electron chi connectivity index (χ3n) is 2.52. The van der Waals surface area contributed by atoms with Gasteiger partial charge in [0.2, 0.25) is 0 Å². The second-order valence-corrected chi connectivity index (χ2v) is 3.76. The van der Waals surface area contributed by atoms with Gasteiger partial charge < -0.3 is 15.9 Å². The molecule has 4 N–H and O–H groups in total. The molecule has 0 aliphatic heterocycles. The molecule has 0 saturated carbocycles. The molecule has 1 aromatic rings. The number of hydrogen-bond donors (Lipinski definition) is 3. The van der Waals surface area contributed by atoms with Crippen molar-refractivity contribution in [3.63, 3.8) is 0 Å². The lowest BCUT2D eigenvalue weighted by Crippen LogP contribution is -2.23. The number of rotatable bonds is 2. The van der Waals surface area contributed by atoms with Crippen LogP contribution in [0, 0.1) is 13.8 Å². The Balaban J connectivity index is 3.15. The minimum atomic E-state index is -0.664. The van der Waals surface area contributed by atoms with Crippen molar-refractivity contribution < 1.29 is 10.2 Å². The summed E-state index contributed by atoms with van der Waals surface area (Å²) in [4.78, 5) is 0. The Morgan fingerprint density at radius 1 is 1.21 bits per heavy atom. The normalized spacial score (nSPS) is 15.2. The largest absolute Gasteiger partial charge is 0.508 e. The van der Waals surface area contributed by atoms with Crippen molar-refractivity contribution in [1.82, 2.24) is 0 Å². The Kier molecular flexibility index (Phi) is 3.13. The lowest BCUT2D eigenvalue weighted by atomic mass is 9.97. The molecule has 2 unspecified atom stereocenters. The molecule has 0 aliphatic rings. The predicted octanol–water partition coefficient (Wildman–Crippen LogP) is 1.39. The van der Waals surface area contributed by atoms with Crippen molar-refractivity contribution in [3.8, 4) is 5.75 Å². The molecule has 0 heterocycles. The number of aliphatic hydroxyl groups excluding tert-OH is 1. The maximum absolute atomic E-state index is 9.64. The number of nitrogens with two attached hydrogens (primary N) is 1. The van der Waals surface area contributed by atoms with Crippen LogP contribution in [-0.4, -0.2) is 16.3 Å². The Morgan fingerprint density at radius 3 is 2.21 bits per heavy atom. The molecule has 14 heavy (non-hydrogen) atoms. The topological polar surface area (TPSA) is 66.5 Å². The van der Waals surface area contributed by atoms with Crippen LogP contribution in [0.3, 0.4) is 0 Å². The van der Waals surface area contributed by atoms with E-state index in [4.69, 9.17) is 5.73 Å². The second-order valence-electron chi connectivity index (χ2n) is 3.76. The first-order chi connectivity index (χ1) is 6.43. The first-order valence-corrected chi connectivity index (χ1v) is 4.67. The van der Waals surface area contributed by atoms with Crippen molar-refractivity contribution in [3.05, 3.63) is 28.8 Å². The van der Waals surface area contributed by atoms with E-state index in [1.807, 2.05) is 19.9 Å². The number of phenols is 1. The highest BCUT2D eigenvalue weighted by atomic mass is 16.3. The van der Waals surface area contributed by atoms with Crippen LogP contribution in [0.5, 0.6) is 5.75 Å². The molecule has 1 aromatic carbocycles. The first kappa shape index (κ1) is 11.0. The van der Waals surface area contributed by atoms with Crippen molar-refractivity contribution in [1.29, 1.82) is 0 Å². The summed E-state index contributed by atoms with van der Waals surface area (Å²) in [5.74, 6) is 0.154. The number of aliphatic hydroxyl groups is 1. The van der Waals surface area contributed by atoms with Crippen molar-refractivity contribution >= 4 is 0 Å². The van der Waals surface area contributed by atoms with E-state index < -0.39 is 12.1 Å². The third kappa shape index (κ3) is 2.05. The molecule has 3 heteroatoms. The number of aryl methyl sites for hydroxylation is 2. The maximum atomic E-state index is 9.64. The van der Waals surface area contributed by atoms with E-state index in [9.17, 15) is 10.2 Å². The van der Waals surface area contributed by atoms with Gasteiger partial charge in [-0.25, -0.2) is 0 Å². The fraction of sp³-hybridized carbons (Fsp3) is 0.455. The van der Waals surface area contributed by atoms with Gasteiger partial charge in [-0.15, -0.1) is 0 Å². The molecule has 0 spiro atoms. The van der Waals surface area contributed by atoms with Crippen molar-refractivity contribution in [2.24, 2.45) is 5.73 Å². The summed E-state index contributed by atoms with van der Waals surface area (Å²) in [5, 5.41) is 19.0. The fourth-order valence-corrected chi connectivity index (χ4v) is 1.35. The van der Waals surface area contributed by atoms with Crippen molar-refractivity contribution in [2.75, 3.05) is 0 Å². The van der Waals surface area contributed by atoms with Gasteiger partial charge in [0.1, 0.15) is 5.75 Å². The average molecular weight is 195 g/mol. The maximum Gasteiger partial charge on any atom is 0.120 e. The summed E-state index contributed by atoms with van der Waals surface area (Å²) < 4.78 is 0. The van der Waals surface area contributed by atoms with Crippen LogP contribution >= 0.6 is 0 Å². The van der Waals surface area contributed by atoms with E-state index in [1.54, 1.807) is 13.0 Å². The average Bonchev–Trinajstić information content (AvgIpc) is 2.10. The van der Waals surface area contributed by atoms with E-state index >= 15 is 0 Å². The summed E-state index contributed by atoms with van der Waals surface area (Å²) in [7, 11) is 0. The van der Waals surface area contributed by atoms with Crippen LogP contribution in [0.25, 0.3) is 0 Å².